The molecule has 1 amide bonds. The van der Waals surface area contributed by atoms with Crippen molar-refractivity contribution in [2.24, 2.45) is 5.92 Å². The van der Waals surface area contributed by atoms with E-state index in [0.717, 1.165) is 37.1 Å². The van der Waals surface area contributed by atoms with Gasteiger partial charge in [0.1, 0.15) is 0 Å². The average molecular weight is 449 g/mol. The maximum absolute atomic E-state index is 12.8. The van der Waals surface area contributed by atoms with Gasteiger partial charge in [-0.3, -0.25) is 9.69 Å². The van der Waals surface area contributed by atoms with Crippen molar-refractivity contribution in [3.05, 3.63) is 65.0 Å². The van der Waals surface area contributed by atoms with E-state index in [4.69, 9.17) is 9.26 Å². The van der Waals surface area contributed by atoms with Gasteiger partial charge >= 0.3 is 5.97 Å². The van der Waals surface area contributed by atoms with Crippen molar-refractivity contribution in [2.75, 3.05) is 25.5 Å². The first kappa shape index (κ1) is 22.7. The van der Waals surface area contributed by atoms with Gasteiger partial charge in [0, 0.05) is 17.2 Å². The van der Waals surface area contributed by atoms with E-state index in [1.165, 1.54) is 12.7 Å². The van der Waals surface area contributed by atoms with Crippen LogP contribution in [-0.4, -0.2) is 47.1 Å². The molecule has 1 aliphatic heterocycles. The highest BCUT2D eigenvalue weighted by Crippen LogP contribution is 2.24. The topological polar surface area (TPSA) is 97.6 Å². The summed E-state index contributed by atoms with van der Waals surface area (Å²) in [7, 11) is 1.34. The Balaban J connectivity index is 1.31. The molecule has 4 rings (SSSR count). The van der Waals surface area contributed by atoms with Gasteiger partial charge in [-0.25, -0.2) is 4.79 Å². The number of benzene rings is 2. The Morgan fingerprint density at radius 3 is 2.55 bits per heavy atom. The SMILES string of the molecule is COC(=O)c1ccc(C)c(NC(=O)C2CCN(Cc3nc(-c4ccc(C)cc4)no3)CC2)c1. The van der Waals surface area contributed by atoms with Crippen LogP contribution in [0.3, 0.4) is 0 Å². The number of ether oxygens (including phenoxy) is 1. The molecule has 1 N–H and O–H groups in total. The maximum atomic E-state index is 12.8. The lowest BCUT2D eigenvalue weighted by Crippen LogP contribution is -2.37. The van der Waals surface area contributed by atoms with E-state index in [0.29, 0.717) is 29.5 Å². The first-order valence-corrected chi connectivity index (χ1v) is 11.0. The molecule has 3 aromatic rings. The number of hydrogen-bond acceptors (Lipinski definition) is 7. The van der Waals surface area contributed by atoms with Gasteiger partial charge < -0.3 is 14.6 Å². The van der Waals surface area contributed by atoms with Crippen LogP contribution in [0.2, 0.25) is 0 Å². The Bertz CT molecular complexity index is 1130. The Kier molecular flexibility index (Phi) is 6.84. The minimum atomic E-state index is -0.426. The molecule has 0 atom stereocenters. The van der Waals surface area contributed by atoms with Crippen LogP contribution in [0, 0.1) is 19.8 Å². The number of anilines is 1. The van der Waals surface area contributed by atoms with Gasteiger partial charge in [0.05, 0.1) is 19.2 Å². The van der Waals surface area contributed by atoms with Crippen molar-refractivity contribution in [3.63, 3.8) is 0 Å². The first-order chi connectivity index (χ1) is 15.9. The quantitative estimate of drug-likeness (QED) is 0.570. The van der Waals surface area contributed by atoms with Gasteiger partial charge in [-0.05, 0) is 57.5 Å². The third-order valence-electron chi connectivity index (χ3n) is 6.01. The lowest BCUT2D eigenvalue weighted by atomic mass is 9.95. The van der Waals surface area contributed by atoms with E-state index in [-0.39, 0.29) is 11.8 Å². The summed E-state index contributed by atoms with van der Waals surface area (Å²) in [5.41, 5.74) is 4.06. The van der Waals surface area contributed by atoms with Gasteiger partial charge in [0.2, 0.25) is 17.6 Å². The highest BCUT2D eigenvalue weighted by Gasteiger charge is 2.26. The van der Waals surface area contributed by atoms with E-state index < -0.39 is 5.97 Å². The standard InChI is InChI=1S/C25H28N4O4/c1-16-4-7-18(8-5-16)23-27-22(33-28-23)15-29-12-10-19(11-13-29)24(30)26-21-14-20(25(31)32-3)9-6-17(21)2/h4-9,14,19H,10-13,15H2,1-3H3,(H,26,30). The predicted molar refractivity (Wildman–Crippen MR) is 124 cm³/mol. The second-order valence-electron chi connectivity index (χ2n) is 8.44. The van der Waals surface area contributed by atoms with E-state index in [9.17, 15) is 9.59 Å². The third kappa shape index (κ3) is 5.46. The molecule has 1 aromatic heterocycles. The number of piperidine rings is 1. The lowest BCUT2D eigenvalue weighted by molar-refractivity contribution is -0.121. The predicted octanol–water partition coefficient (Wildman–Crippen LogP) is 3.99. The summed E-state index contributed by atoms with van der Waals surface area (Å²) in [5, 5.41) is 7.08. The molecule has 0 bridgehead atoms. The fraction of sp³-hybridized carbons (Fsp3) is 0.360. The van der Waals surface area contributed by atoms with Crippen LogP contribution >= 0.6 is 0 Å². The Morgan fingerprint density at radius 1 is 1.12 bits per heavy atom. The largest absolute Gasteiger partial charge is 0.465 e. The number of amides is 1. The number of esters is 1. The zero-order chi connectivity index (χ0) is 23.4. The summed E-state index contributed by atoms with van der Waals surface area (Å²) in [4.78, 5) is 31.4. The summed E-state index contributed by atoms with van der Waals surface area (Å²) in [6, 6.07) is 13.2. The summed E-state index contributed by atoms with van der Waals surface area (Å²) >= 11 is 0. The fourth-order valence-electron chi connectivity index (χ4n) is 3.92. The summed E-state index contributed by atoms with van der Waals surface area (Å²) in [6.45, 7) is 6.03. The van der Waals surface area contributed by atoms with Crippen LogP contribution in [0.4, 0.5) is 5.69 Å². The van der Waals surface area contributed by atoms with Crippen LogP contribution in [0.15, 0.2) is 47.0 Å². The molecule has 2 aromatic carbocycles. The molecule has 0 spiro atoms. The van der Waals surface area contributed by atoms with Crippen LogP contribution < -0.4 is 5.32 Å². The Labute approximate surface area is 192 Å². The monoisotopic (exact) mass is 448 g/mol. The minimum absolute atomic E-state index is 0.0285. The summed E-state index contributed by atoms with van der Waals surface area (Å²) in [6.07, 6.45) is 1.47. The highest BCUT2D eigenvalue weighted by molar-refractivity contribution is 5.96. The van der Waals surface area contributed by atoms with E-state index in [2.05, 4.69) is 20.4 Å². The van der Waals surface area contributed by atoms with Gasteiger partial charge in [0.15, 0.2) is 0 Å². The number of aromatic nitrogens is 2. The molecule has 0 aliphatic carbocycles. The van der Waals surface area contributed by atoms with Crippen molar-refractivity contribution in [3.8, 4) is 11.4 Å². The number of nitrogens with one attached hydrogen (secondary N) is 1. The van der Waals surface area contributed by atoms with Gasteiger partial charge in [-0.15, -0.1) is 0 Å². The van der Waals surface area contributed by atoms with Crippen LogP contribution in [-0.2, 0) is 16.1 Å². The second-order valence-corrected chi connectivity index (χ2v) is 8.44. The summed E-state index contributed by atoms with van der Waals surface area (Å²) in [5.74, 6) is 0.616. The average Bonchev–Trinajstić information content (AvgIpc) is 3.29. The number of carbonyl (C=O) groups is 2. The lowest BCUT2D eigenvalue weighted by Gasteiger charge is -2.30. The van der Waals surface area contributed by atoms with Crippen molar-refractivity contribution in [1.82, 2.24) is 15.0 Å². The molecule has 0 saturated carbocycles. The number of carbonyl (C=O) groups excluding carboxylic acids is 2. The van der Waals surface area contributed by atoms with Crippen LogP contribution in [0.1, 0.15) is 40.2 Å². The number of methoxy groups -OCH3 is 1. The third-order valence-corrected chi connectivity index (χ3v) is 6.01. The molecule has 8 nitrogen and oxygen atoms in total. The van der Waals surface area contributed by atoms with Crippen molar-refractivity contribution in [2.45, 2.75) is 33.2 Å². The van der Waals surface area contributed by atoms with Crippen molar-refractivity contribution < 1.29 is 18.8 Å². The number of likely N-dealkylation sites (tertiary alicyclic amines) is 1. The molecule has 0 radical (unpaired) electrons. The zero-order valence-corrected chi connectivity index (χ0v) is 19.1. The van der Waals surface area contributed by atoms with E-state index in [1.54, 1.807) is 18.2 Å². The van der Waals surface area contributed by atoms with Gasteiger partial charge in [0.25, 0.3) is 0 Å². The molecule has 172 valence electrons. The first-order valence-electron chi connectivity index (χ1n) is 11.0. The van der Waals surface area contributed by atoms with Gasteiger partial charge in [-0.1, -0.05) is 41.1 Å². The molecule has 2 heterocycles. The fourth-order valence-corrected chi connectivity index (χ4v) is 3.92. The molecular weight excluding hydrogens is 420 g/mol. The van der Waals surface area contributed by atoms with E-state index >= 15 is 0 Å². The smallest absolute Gasteiger partial charge is 0.337 e. The van der Waals surface area contributed by atoms with Crippen molar-refractivity contribution in [1.29, 1.82) is 0 Å². The molecule has 1 aliphatic rings. The van der Waals surface area contributed by atoms with Crippen LogP contribution in [0.5, 0.6) is 0 Å². The van der Waals surface area contributed by atoms with Crippen LogP contribution in [0.25, 0.3) is 11.4 Å². The molecule has 1 saturated heterocycles. The number of nitrogens with zero attached hydrogens (tertiary/aromatic N) is 3. The number of aryl methyl sites for hydroxylation is 2. The van der Waals surface area contributed by atoms with Gasteiger partial charge in [-0.2, -0.15) is 4.98 Å². The molecule has 1 fully saturated rings. The molecule has 8 heteroatoms. The van der Waals surface area contributed by atoms with E-state index in [1.807, 2.05) is 38.1 Å². The highest BCUT2D eigenvalue weighted by atomic mass is 16.5. The molecule has 33 heavy (non-hydrogen) atoms. The minimum Gasteiger partial charge on any atom is -0.465 e. The Morgan fingerprint density at radius 2 is 1.85 bits per heavy atom. The Hall–Kier alpha value is -3.52. The van der Waals surface area contributed by atoms with Crippen molar-refractivity contribution >= 4 is 17.6 Å². The maximum Gasteiger partial charge on any atom is 0.337 e. The summed E-state index contributed by atoms with van der Waals surface area (Å²) < 4.78 is 10.2. The molecule has 0 unspecified atom stereocenters. The molecular formula is C25H28N4O4. The number of rotatable bonds is 6. The normalized spacial score (nSPS) is 14.8. The number of hydrogen-bond donors (Lipinski definition) is 1. The zero-order valence-electron chi connectivity index (χ0n) is 19.1. The second kappa shape index (κ2) is 9.95.